The third-order valence-electron chi connectivity index (χ3n) is 4.30. The van der Waals surface area contributed by atoms with Crippen molar-refractivity contribution in [3.8, 4) is 11.5 Å². The topological polar surface area (TPSA) is 118 Å². The van der Waals surface area contributed by atoms with Crippen LogP contribution in [0.25, 0.3) is 0 Å². The summed E-state index contributed by atoms with van der Waals surface area (Å²) in [5.41, 5.74) is 0.0242. The minimum Gasteiger partial charge on any atom is -0.480 e. The number of carbonyl (C=O) groups excluding carboxylic acids is 2. The van der Waals surface area contributed by atoms with E-state index < -0.39 is 45.8 Å². The van der Waals surface area contributed by atoms with Gasteiger partial charge in [-0.05, 0) is 48.9 Å². The Balaban J connectivity index is 1.87. The fraction of sp³-hybridized carbons (Fsp3) is 0.211. The molecule has 2 amide bonds. The first-order chi connectivity index (χ1) is 13.6. The molecule has 3 rings (SSSR count). The van der Waals surface area contributed by atoms with Crippen molar-refractivity contribution in [2.75, 3.05) is 12.0 Å². The van der Waals surface area contributed by atoms with Gasteiger partial charge in [0.15, 0.2) is 0 Å². The summed E-state index contributed by atoms with van der Waals surface area (Å²) in [5, 5.41) is 9.97. The molecule has 10 heteroatoms. The highest BCUT2D eigenvalue weighted by Crippen LogP contribution is 2.31. The van der Waals surface area contributed by atoms with Gasteiger partial charge in [0.25, 0.3) is 11.8 Å². The van der Waals surface area contributed by atoms with Gasteiger partial charge in [0, 0.05) is 11.3 Å². The van der Waals surface area contributed by atoms with Crippen LogP contribution in [0.3, 0.4) is 0 Å². The zero-order chi connectivity index (χ0) is 21.3. The molecule has 1 aliphatic rings. The molecular weight excluding hydrogens is 422 g/mol. The maximum Gasteiger partial charge on any atom is 0.326 e. The van der Waals surface area contributed by atoms with E-state index in [0.717, 1.165) is 6.26 Å². The van der Waals surface area contributed by atoms with Crippen molar-refractivity contribution in [1.29, 1.82) is 0 Å². The molecule has 0 aromatic heterocycles. The van der Waals surface area contributed by atoms with Crippen molar-refractivity contribution in [2.45, 2.75) is 12.5 Å². The lowest BCUT2D eigenvalue weighted by Crippen LogP contribution is -2.45. The quantitative estimate of drug-likeness (QED) is 0.661. The van der Waals surface area contributed by atoms with Gasteiger partial charge in [-0.25, -0.2) is 13.2 Å². The van der Waals surface area contributed by atoms with Gasteiger partial charge in [0.1, 0.15) is 27.4 Å². The summed E-state index contributed by atoms with van der Waals surface area (Å²) in [4.78, 5) is 37.6. The molecule has 29 heavy (non-hydrogen) atoms. The van der Waals surface area contributed by atoms with Gasteiger partial charge in [-0.2, -0.15) is 0 Å². The van der Waals surface area contributed by atoms with Crippen molar-refractivity contribution in [3.05, 3.63) is 58.6 Å². The SMILES string of the molecule is CS(=O)(=O)CC[C@H](C(=O)O)N1C(=O)c2ccc(Oc3ccc(Cl)cc3)cc2C1=O. The molecule has 1 N–H and O–H groups in total. The molecule has 0 saturated carbocycles. The first-order valence-corrected chi connectivity index (χ1v) is 10.9. The van der Waals surface area contributed by atoms with Gasteiger partial charge in [0.05, 0.1) is 16.9 Å². The summed E-state index contributed by atoms with van der Waals surface area (Å²) >= 11 is 5.82. The largest absolute Gasteiger partial charge is 0.480 e. The predicted octanol–water partition coefficient (Wildman–Crippen LogP) is 2.62. The number of aliphatic carboxylic acids is 1. The Hall–Kier alpha value is -2.91. The molecule has 152 valence electrons. The van der Waals surface area contributed by atoms with E-state index in [9.17, 15) is 27.9 Å². The number of sulfone groups is 1. The van der Waals surface area contributed by atoms with Crippen LogP contribution in [-0.4, -0.2) is 54.3 Å². The van der Waals surface area contributed by atoms with Crippen molar-refractivity contribution in [2.24, 2.45) is 0 Å². The number of halogens is 1. The number of carbonyl (C=O) groups is 3. The number of rotatable bonds is 7. The third-order valence-corrected chi connectivity index (χ3v) is 5.53. The number of ether oxygens (including phenoxy) is 1. The van der Waals surface area contributed by atoms with E-state index in [1.54, 1.807) is 24.3 Å². The normalized spacial score (nSPS) is 14.6. The van der Waals surface area contributed by atoms with E-state index >= 15 is 0 Å². The van der Waals surface area contributed by atoms with Crippen LogP contribution in [0.2, 0.25) is 5.02 Å². The number of hydrogen-bond donors (Lipinski definition) is 1. The summed E-state index contributed by atoms with van der Waals surface area (Å²) in [7, 11) is -3.47. The van der Waals surface area contributed by atoms with Gasteiger partial charge >= 0.3 is 5.97 Å². The molecule has 2 aromatic rings. The second kappa shape index (κ2) is 7.84. The lowest BCUT2D eigenvalue weighted by Gasteiger charge is -2.22. The van der Waals surface area contributed by atoms with E-state index in [-0.39, 0.29) is 16.9 Å². The molecular formula is C19H16ClNO7S. The first-order valence-electron chi connectivity index (χ1n) is 8.43. The molecule has 1 aliphatic heterocycles. The van der Waals surface area contributed by atoms with Gasteiger partial charge < -0.3 is 9.84 Å². The first kappa shape index (κ1) is 20.8. The van der Waals surface area contributed by atoms with Gasteiger partial charge in [-0.1, -0.05) is 11.6 Å². The average Bonchev–Trinajstić information content (AvgIpc) is 2.87. The lowest BCUT2D eigenvalue weighted by atomic mass is 10.1. The number of imide groups is 1. The number of amides is 2. The average molecular weight is 438 g/mol. The number of fused-ring (bicyclic) bond motifs is 1. The number of nitrogens with zero attached hydrogens (tertiary/aromatic N) is 1. The summed E-state index contributed by atoms with van der Waals surface area (Å²) < 4.78 is 28.4. The van der Waals surface area contributed by atoms with Crippen molar-refractivity contribution >= 4 is 39.2 Å². The Bertz CT molecular complexity index is 1100. The molecule has 0 aliphatic carbocycles. The van der Waals surface area contributed by atoms with Gasteiger partial charge in [0.2, 0.25) is 0 Å². The Morgan fingerprint density at radius 2 is 1.66 bits per heavy atom. The van der Waals surface area contributed by atoms with Gasteiger partial charge in [-0.3, -0.25) is 14.5 Å². The monoisotopic (exact) mass is 437 g/mol. The third kappa shape index (κ3) is 4.57. The van der Waals surface area contributed by atoms with Crippen molar-refractivity contribution in [1.82, 2.24) is 4.90 Å². The van der Waals surface area contributed by atoms with Gasteiger partial charge in [-0.15, -0.1) is 0 Å². The minimum absolute atomic E-state index is 0.00734. The minimum atomic E-state index is -3.47. The number of hydrogen-bond acceptors (Lipinski definition) is 6. The van der Waals surface area contributed by atoms with Crippen LogP contribution >= 0.6 is 11.6 Å². The van der Waals surface area contributed by atoms with Crippen LogP contribution in [0, 0.1) is 0 Å². The standard InChI is InChI=1S/C19H16ClNO7S/c1-29(26,27)9-8-16(19(24)25)21-17(22)14-7-6-13(10-15(14)18(21)23)28-12-4-2-11(20)3-5-12/h2-7,10,16H,8-9H2,1H3,(H,24,25)/t16-/m1/s1. The predicted molar refractivity (Wildman–Crippen MR) is 104 cm³/mol. The van der Waals surface area contributed by atoms with Crippen LogP contribution in [0.15, 0.2) is 42.5 Å². The molecule has 1 heterocycles. The molecule has 2 aromatic carbocycles. The summed E-state index contributed by atoms with van der Waals surface area (Å²) in [6.45, 7) is 0. The second-order valence-electron chi connectivity index (χ2n) is 6.52. The van der Waals surface area contributed by atoms with E-state index in [1.165, 1.54) is 18.2 Å². The smallest absolute Gasteiger partial charge is 0.326 e. The molecule has 1 atom stereocenters. The highest BCUT2D eigenvalue weighted by atomic mass is 35.5. The maximum absolute atomic E-state index is 12.7. The number of carboxylic acids is 1. The van der Waals surface area contributed by atoms with E-state index in [2.05, 4.69) is 0 Å². The maximum atomic E-state index is 12.7. The molecule has 0 fully saturated rings. The fourth-order valence-electron chi connectivity index (χ4n) is 2.91. The Morgan fingerprint density at radius 1 is 1.07 bits per heavy atom. The molecule has 8 nitrogen and oxygen atoms in total. The molecule has 0 radical (unpaired) electrons. The van der Waals surface area contributed by atoms with Crippen LogP contribution in [0.1, 0.15) is 27.1 Å². The molecule has 0 bridgehead atoms. The number of benzene rings is 2. The fourth-order valence-corrected chi connectivity index (χ4v) is 3.69. The van der Waals surface area contributed by atoms with Crippen LogP contribution in [0.5, 0.6) is 11.5 Å². The van der Waals surface area contributed by atoms with Crippen molar-refractivity contribution in [3.63, 3.8) is 0 Å². The Kier molecular flexibility index (Phi) is 5.63. The lowest BCUT2D eigenvalue weighted by molar-refractivity contribution is -0.141. The zero-order valence-electron chi connectivity index (χ0n) is 15.2. The molecule has 0 saturated heterocycles. The summed E-state index contributed by atoms with van der Waals surface area (Å²) in [6.07, 6.45) is 0.558. The Labute approximate surface area is 171 Å². The van der Waals surface area contributed by atoms with E-state index in [4.69, 9.17) is 16.3 Å². The number of carboxylic acid groups (broad SMARTS) is 1. The van der Waals surface area contributed by atoms with E-state index in [1.807, 2.05) is 0 Å². The Morgan fingerprint density at radius 3 is 2.24 bits per heavy atom. The molecule has 0 unspecified atom stereocenters. The summed E-state index contributed by atoms with van der Waals surface area (Å²) in [6, 6.07) is 9.11. The van der Waals surface area contributed by atoms with Crippen LogP contribution < -0.4 is 4.74 Å². The zero-order valence-corrected chi connectivity index (χ0v) is 16.7. The second-order valence-corrected chi connectivity index (χ2v) is 9.21. The van der Waals surface area contributed by atoms with Crippen LogP contribution in [0.4, 0.5) is 0 Å². The van der Waals surface area contributed by atoms with E-state index in [0.29, 0.717) is 15.7 Å². The highest BCUT2D eigenvalue weighted by molar-refractivity contribution is 7.90. The summed E-state index contributed by atoms with van der Waals surface area (Å²) in [5.74, 6) is -2.80. The van der Waals surface area contributed by atoms with Crippen molar-refractivity contribution < 1.29 is 32.6 Å². The molecule has 0 spiro atoms. The van der Waals surface area contributed by atoms with Crippen LogP contribution in [-0.2, 0) is 14.6 Å². The highest BCUT2D eigenvalue weighted by Gasteiger charge is 2.43.